The Morgan fingerprint density at radius 3 is 2.58 bits per heavy atom. The molecule has 0 aliphatic heterocycles. The SMILES string of the molecule is CCN(C(=S)NC(=O)COc1ccc(C)cc1Br)c1ccccc1. The molecular weight excluding hydrogens is 388 g/mol. The van der Waals surface area contributed by atoms with E-state index < -0.39 is 0 Å². The molecule has 0 saturated heterocycles. The van der Waals surface area contributed by atoms with Crippen molar-refractivity contribution in [2.24, 2.45) is 0 Å². The van der Waals surface area contributed by atoms with E-state index in [0.717, 1.165) is 15.7 Å². The average Bonchev–Trinajstić information content (AvgIpc) is 2.55. The first kappa shape index (κ1) is 18.4. The minimum Gasteiger partial charge on any atom is -0.483 e. The van der Waals surface area contributed by atoms with Crippen LogP contribution in [0.5, 0.6) is 5.75 Å². The number of hydrogen-bond donors (Lipinski definition) is 1. The van der Waals surface area contributed by atoms with Gasteiger partial charge in [-0.25, -0.2) is 0 Å². The van der Waals surface area contributed by atoms with E-state index in [1.165, 1.54) is 0 Å². The van der Waals surface area contributed by atoms with Crippen LogP contribution in [0.15, 0.2) is 53.0 Å². The van der Waals surface area contributed by atoms with Crippen molar-refractivity contribution in [2.75, 3.05) is 18.1 Å². The number of carbonyl (C=O) groups excluding carboxylic acids is 1. The van der Waals surface area contributed by atoms with E-state index in [1.54, 1.807) is 0 Å². The van der Waals surface area contributed by atoms with Gasteiger partial charge in [0, 0.05) is 12.2 Å². The van der Waals surface area contributed by atoms with Crippen LogP contribution in [-0.4, -0.2) is 24.2 Å². The zero-order valence-electron chi connectivity index (χ0n) is 13.6. The van der Waals surface area contributed by atoms with Gasteiger partial charge >= 0.3 is 0 Å². The number of carbonyl (C=O) groups is 1. The van der Waals surface area contributed by atoms with Crippen molar-refractivity contribution >= 4 is 44.9 Å². The standard InChI is InChI=1S/C18H19BrN2O2S/c1-3-21(14-7-5-4-6-8-14)18(24)20-17(22)12-23-16-10-9-13(2)11-15(16)19/h4-11H,3,12H2,1-2H3,(H,20,22,24). The molecule has 0 heterocycles. The summed E-state index contributed by atoms with van der Waals surface area (Å²) < 4.78 is 6.35. The molecule has 1 amide bonds. The van der Waals surface area contributed by atoms with Crippen LogP contribution in [0.3, 0.4) is 0 Å². The highest BCUT2D eigenvalue weighted by Gasteiger charge is 2.13. The van der Waals surface area contributed by atoms with Crippen molar-refractivity contribution in [3.63, 3.8) is 0 Å². The van der Waals surface area contributed by atoms with Crippen molar-refractivity contribution in [2.45, 2.75) is 13.8 Å². The molecule has 2 rings (SSSR count). The Morgan fingerprint density at radius 1 is 1.25 bits per heavy atom. The number of nitrogens with one attached hydrogen (secondary N) is 1. The molecule has 4 nitrogen and oxygen atoms in total. The van der Waals surface area contributed by atoms with Crippen LogP contribution in [0.4, 0.5) is 5.69 Å². The second-order valence-corrected chi connectivity index (χ2v) is 6.40. The number of anilines is 1. The van der Waals surface area contributed by atoms with Gasteiger partial charge in [-0.15, -0.1) is 0 Å². The van der Waals surface area contributed by atoms with Crippen LogP contribution < -0.4 is 15.0 Å². The van der Waals surface area contributed by atoms with Crippen LogP contribution in [0.1, 0.15) is 12.5 Å². The van der Waals surface area contributed by atoms with Crippen molar-refractivity contribution in [1.82, 2.24) is 5.32 Å². The summed E-state index contributed by atoms with van der Waals surface area (Å²) in [6, 6.07) is 15.4. The normalized spacial score (nSPS) is 10.1. The van der Waals surface area contributed by atoms with Gasteiger partial charge in [-0.05, 0) is 71.8 Å². The number of amides is 1. The maximum atomic E-state index is 12.1. The molecule has 0 spiro atoms. The number of nitrogens with zero attached hydrogens (tertiary/aromatic N) is 1. The molecular formula is C18H19BrN2O2S. The van der Waals surface area contributed by atoms with Gasteiger partial charge in [0.05, 0.1) is 4.47 Å². The Balaban J connectivity index is 1.92. The molecule has 0 saturated carbocycles. The predicted molar refractivity (Wildman–Crippen MR) is 105 cm³/mol. The summed E-state index contributed by atoms with van der Waals surface area (Å²) in [4.78, 5) is 13.9. The first-order chi connectivity index (χ1) is 11.5. The van der Waals surface area contributed by atoms with Gasteiger partial charge in [0.25, 0.3) is 5.91 Å². The van der Waals surface area contributed by atoms with Gasteiger partial charge in [-0.2, -0.15) is 0 Å². The lowest BCUT2D eigenvalue weighted by Gasteiger charge is -2.23. The monoisotopic (exact) mass is 406 g/mol. The Hall–Kier alpha value is -1.92. The van der Waals surface area contributed by atoms with E-state index in [9.17, 15) is 4.79 Å². The Morgan fingerprint density at radius 2 is 1.96 bits per heavy atom. The van der Waals surface area contributed by atoms with E-state index in [1.807, 2.05) is 67.3 Å². The molecule has 0 fully saturated rings. The van der Waals surface area contributed by atoms with Gasteiger partial charge in [-0.3, -0.25) is 10.1 Å². The summed E-state index contributed by atoms with van der Waals surface area (Å²) >= 11 is 8.76. The molecule has 0 aliphatic rings. The number of halogens is 1. The first-order valence-corrected chi connectivity index (χ1v) is 8.76. The number of ether oxygens (including phenoxy) is 1. The number of aryl methyl sites for hydroxylation is 1. The van der Waals surface area contributed by atoms with Crippen LogP contribution in [0.25, 0.3) is 0 Å². The molecule has 6 heteroatoms. The number of rotatable bonds is 5. The third-order valence-electron chi connectivity index (χ3n) is 3.32. The van der Waals surface area contributed by atoms with Gasteiger partial charge in [0.2, 0.25) is 0 Å². The zero-order valence-corrected chi connectivity index (χ0v) is 16.0. The maximum absolute atomic E-state index is 12.1. The fraction of sp³-hybridized carbons (Fsp3) is 0.222. The van der Waals surface area contributed by atoms with Gasteiger partial charge in [0.1, 0.15) is 5.75 Å². The van der Waals surface area contributed by atoms with Crippen LogP contribution in [0, 0.1) is 6.92 Å². The highest BCUT2D eigenvalue weighted by Crippen LogP contribution is 2.25. The minimum atomic E-state index is -0.290. The number of para-hydroxylation sites is 1. The quantitative estimate of drug-likeness (QED) is 0.759. The summed E-state index contributed by atoms with van der Waals surface area (Å²) in [7, 11) is 0. The molecule has 126 valence electrons. The van der Waals surface area contributed by atoms with Crippen molar-refractivity contribution in [3.8, 4) is 5.75 Å². The van der Waals surface area contributed by atoms with E-state index in [2.05, 4.69) is 21.2 Å². The third-order valence-corrected chi connectivity index (χ3v) is 4.26. The topological polar surface area (TPSA) is 41.6 Å². The Labute approximate surface area is 155 Å². The zero-order chi connectivity index (χ0) is 17.5. The summed E-state index contributed by atoms with van der Waals surface area (Å²) in [5.74, 6) is 0.332. The van der Waals surface area contributed by atoms with Crippen molar-refractivity contribution in [3.05, 3.63) is 58.6 Å². The van der Waals surface area contributed by atoms with Gasteiger partial charge < -0.3 is 9.64 Å². The van der Waals surface area contributed by atoms with Crippen LogP contribution in [-0.2, 0) is 4.79 Å². The smallest absolute Gasteiger partial charge is 0.264 e. The first-order valence-electron chi connectivity index (χ1n) is 7.56. The molecule has 0 aliphatic carbocycles. The lowest BCUT2D eigenvalue weighted by atomic mass is 10.2. The molecule has 2 aromatic carbocycles. The second kappa shape index (κ2) is 8.80. The van der Waals surface area contributed by atoms with Crippen molar-refractivity contribution < 1.29 is 9.53 Å². The van der Waals surface area contributed by atoms with Crippen molar-refractivity contribution in [1.29, 1.82) is 0 Å². The lowest BCUT2D eigenvalue weighted by molar-refractivity contribution is -0.121. The largest absolute Gasteiger partial charge is 0.483 e. The average molecular weight is 407 g/mol. The molecule has 2 aromatic rings. The molecule has 0 aromatic heterocycles. The van der Waals surface area contributed by atoms with Crippen LogP contribution >= 0.6 is 28.1 Å². The fourth-order valence-electron chi connectivity index (χ4n) is 2.14. The van der Waals surface area contributed by atoms with E-state index in [-0.39, 0.29) is 12.5 Å². The highest BCUT2D eigenvalue weighted by molar-refractivity contribution is 9.10. The lowest BCUT2D eigenvalue weighted by Crippen LogP contribution is -2.44. The molecule has 0 bridgehead atoms. The molecule has 24 heavy (non-hydrogen) atoms. The van der Waals surface area contributed by atoms with Gasteiger partial charge in [0.15, 0.2) is 11.7 Å². The number of thiocarbonyl (C=S) groups is 1. The maximum Gasteiger partial charge on any atom is 0.264 e. The van der Waals surface area contributed by atoms with Crippen LogP contribution in [0.2, 0.25) is 0 Å². The number of hydrogen-bond acceptors (Lipinski definition) is 3. The van der Waals surface area contributed by atoms with E-state index in [4.69, 9.17) is 17.0 Å². The molecule has 0 unspecified atom stereocenters. The van der Waals surface area contributed by atoms with E-state index in [0.29, 0.717) is 17.4 Å². The second-order valence-electron chi connectivity index (χ2n) is 5.16. The predicted octanol–water partition coefficient (Wildman–Crippen LogP) is 4.06. The minimum absolute atomic E-state index is 0.103. The fourth-order valence-corrected chi connectivity index (χ4v) is 3.10. The summed E-state index contributed by atoms with van der Waals surface area (Å²) in [5, 5.41) is 3.07. The third kappa shape index (κ3) is 5.04. The molecule has 1 N–H and O–H groups in total. The summed E-state index contributed by atoms with van der Waals surface area (Å²) in [6.45, 7) is 4.52. The number of benzene rings is 2. The Bertz CT molecular complexity index is 722. The summed E-state index contributed by atoms with van der Waals surface area (Å²) in [5.41, 5.74) is 2.05. The Kier molecular flexibility index (Phi) is 6.75. The summed E-state index contributed by atoms with van der Waals surface area (Å²) in [6.07, 6.45) is 0. The molecule has 0 atom stereocenters. The molecule has 0 radical (unpaired) electrons. The van der Waals surface area contributed by atoms with Gasteiger partial charge in [-0.1, -0.05) is 24.3 Å². The van der Waals surface area contributed by atoms with E-state index >= 15 is 0 Å². The highest BCUT2D eigenvalue weighted by atomic mass is 79.9.